The first-order valence-corrected chi connectivity index (χ1v) is 4.20. The quantitative estimate of drug-likeness (QED) is 0.706. The molecule has 1 atom stereocenters. The van der Waals surface area contributed by atoms with Gasteiger partial charge in [0.15, 0.2) is 0 Å². The predicted molar refractivity (Wildman–Crippen MR) is 50.6 cm³/mol. The first-order valence-electron chi connectivity index (χ1n) is 4.20. The molecule has 0 fully saturated rings. The fourth-order valence-electron chi connectivity index (χ4n) is 1.14. The van der Waals surface area contributed by atoms with Crippen molar-refractivity contribution in [3.05, 3.63) is 11.9 Å². The molecule has 5 heteroatoms. The van der Waals surface area contributed by atoms with Gasteiger partial charge in [0.2, 0.25) is 0 Å². The second-order valence-electron chi connectivity index (χ2n) is 3.06. The summed E-state index contributed by atoms with van der Waals surface area (Å²) in [5.74, 6) is -0.470. The summed E-state index contributed by atoms with van der Waals surface area (Å²) >= 11 is 0. The Morgan fingerprint density at radius 2 is 2.64 bits per heavy atom. The molecule has 0 spiro atoms. The van der Waals surface area contributed by atoms with Crippen LogP contribution in [-0.4, -0.2) is 35.8 Å². The first-order chi connectivity index (χ1) is 6.63. The molecule has 5 nitrogen and oxygen atoms in total. The molecule has 0 aromatic carbocycles. The Morgan fingerprint density at radius 3 is 3.07 bits per heavy atom. The monoisotopic (exact) mass is 193 g/mol. The van der Waals surface area contributed by atoms with Gasteiger partial charge in [-0.25, -0.2) is 4.99 Å². The van der Waals surface area contributed by atoms with Gasteiger partial charge >= 0.3 is 5.97 Å². The number of carboxylic acids is 1. The first kappa shape index (κ1) is 10.3. The van der Waals surface area contributed by atoms with E-state index in [1.165, 1.54) is 4.90 Å². The molecule has 0 aromatic heterocycles. The molecule has 1 rings (SSSR count). The molecule has 0 aliphatic carbocycles. The smallest absolute Gasteiger partial charge is 0.323 e. The van der Waals surface area contributed by atoms with E-state index in [1.807, 2.05) is 0 Å². The fourth-order valence-corrected chi connectivity index (χ4v) is 1.14. The van der Waals surface area contributed by atoms with Crippen LogP contribution in [0.4, 0.5) is 0 Å². The second kappa shape index (κ2) is 4.42. The van der Waals surface area contributed by atoms with Crippen LogP contribution in [0.2, 0.25) is 0 Å². The van der Waals surface area contributed by atoms with Gasteiger partial charge in [-0.3, -0.25) is 4.79 Å². The van der Waals surface area contributed by atoms with E-state index in [4.69, 9.17) is 10.4 Å². The molecular formula is C9H11N3O2. The van der Waals surface area contributed by atoms with Crippen LogP contribution in [0, 0.1) is 17.2 Å². The van der Waals surface area contributed by atoms with E-state index in [1.54, 1.807) is 19.3 Å². The maximum absolute atomic E-state index is 10.4. The van der Waals surface area contributed by atoms with Crippen molar-refractivity contribution >= 4 is 12.2 Å². The summed E-state index contributed by atoms with van der Waals surface area (Å²) < 4.78 is 0. The lowest BCUT2D eigenvalue weighted by atomic mass is 10.1. The minimum atomic E-state index is -0.897. The molecule has 0 aromatic rings. The lowest BCUT2D eigenvalue weighted by molar-refractivity contribution is -0.137. The van der Waals surface area contributed by atoms with E-state index < -0.39 is 5.97 Å². The van der Waals surface area contributed by atoms with Gasteiger partial charge in [0.05, 0.1) is 12.0 Å². The van der Waals surface area contributed by atoms with E-state index in [9.17, 15) is 4.79 Å². The maximum Gasteiger partial charge on any atom is 0.323 e. The molecule has 0 saturated carbocycles. The molecule has 0 radical (unpaired) electrons. The molecule has 1 N–H and O–H groups in total. The predicted octanol–water partition coefficient (Wildman–Crippen LogP) is 0.458. The second-order valence-corrected chi connectivity index (χ2v) is 3.06. The number of aliphatic carboxylic acids is 1. The largest absolute Gasteiger partial charge is 0.480 e. The van der Waals surface area contributed by atoms with Crippen LogP contribution in [0.3, 0.4) is 0 Å². The van der Waals surface area contributed by atoms with Crippen molar-refractivity contribution in [1.29, 1.82) is 5.26 Å². The number of nitriles is 1. The highest BCUT2D eigenvalue weighted by atomic mass is 16.4. The maximum atomic E-state index is 10.4. The van der Waals surface area contributed by atoms with E-state index in [0.717, 1.165) is 0 Å². The van der Waals surface area contributed by atoms with Gasteiger partial charge in [0.1, 0.15) is 12.4 Å². The number of aliphatic imine (C=N–C) groups is 1. The number of carboxylic acid groups (broad SMARTS) is 1. The van der Waals surface area contributed by atoms with E-state index >= 15 is 0 Å². The number of hydrogen-bond donors (Lipinski definition) is 1. The molecule has 1 aliphatic heterocycles. The Bertz CT molecular complexity index is 327. The standard InChI is InChI=1S/C9H11N3O2/c1-12(6-9(13)14)8-3-2-7(4-10)5-11-8/h3,5,7H,2,6H2,1H3,(H,13,14). The van der Waals surface area contributed by atoms with Crippen LogP contribution in [0.1, 0.15) is 6.42 Å². The minimum absolute atomic E-state index is 0.0829. The molecule has 1 heterocycles. The third kappa shape index (κ3) is 2.59. The van der Waals surface area contributed by atoms with Gasteiger partial charge in [0, 0.05) is 13.3 Å². The van der Waals surface area contributed by atoms with E-state index in [2.05, 4.69) is 11.1 Å². The lowest BCUT2D eigenvalue weighted by Crippen LogP contribution is -2.25. The normalized spacial score (nSPS) is 19.7. The van der Waals surface area contributed by atoms with Crippen molar-refractivity contribution in [3.63, 3.8) is 0 Å². The third-order valence-corrected chi connectivity index (χ3v) is 1.87. The number of nitrogens with zero attached hydrogens (tertiary/aromatic N) is 3. The average molecular weight is 193 g/mol. The van der Waals surface area contributed by atoms with Gasteiger partial charge in [0.25, 0.3) is 0 Å². The average Bonchev–Trinajstić information content (AvgIpc) is 2.17. The van der Waals surface area contributed by atoms with Crippen molar-refractivity contribution in [2.75, 3.05) is 13.6 Å². The highest BCUT2D eigenvalue weighted by molar-refractivity contribution is 5.70. The zero-order valence-corrected chi connectivity index (χ0v) is 7.84. The van der Waals surface area contributed by atoms with Crippen LogP contribution in [-0.2, 0) is 4.79 Å². The highest BCUT2D eigenvalue weighted by Crippen LogP contribution is 2.13. The van der Waals surface area contributed by atoms with Crippen molar-refractivity contribution in [2.24, 2.45) is 10.9 Å². The van der Waals surface area contributed by atoms with Crippen molar-refractivity contribution in [2.45, 2.75) is 6.42 Å². The van der Waals surface area contributed by atoms with E-state index in [0.29, 0.717) is 12.2 Å². The van der Waals surface area contributed by atoms with Gasteiger partial charge in [-0.2, -0.15) is 5.26 Å². The summed E-state index contributed by atoms with van der Waals surface area (Å²) in [5, 5.41) is 17.1. The lowest BCUT2D eigenvalue weighted by Gasteiger charge is -2.19. The topological polar surface area (TPSA) is 76.7 Å². The van der Waals surface area contributed by atoms with Crippen LogP contribution in [0.25, 0.3) is 0 Å². The van der Waals surface area contributed by atoms with Gasteiger partial charge in [-0.1, -0.05) is 0 Å². The number of rotatable bonds is 3. The molecule has 1 aliphatic rings. The number of carbonyl (C=O) groups is 1. The Hall–Kier alpha value is -1.83. The van der Waals surface area contributed by atoms with Crippen LogP contribution >= 0.6 is 0 Å². The number of hydrogen-bond acceptors (Lipinski definition) is 4. The summed E-state index contributed by atoms with van der Waals surface area (Å²) in [6, 6.07) is 2.08. The fraction of sp³-hybridized carbons (Fsp3) is 0.444. The SMILES string of the molecule is CN(CC(=O)O)C1=CCC(C#N)C=N1. The zero-order chi connectivity index (χ0) is 10.6. The van der Waals surface area contributed by atoms with Crippen molar-refractivity contribution < 1.29 is 9.90 Å². The zero-order valence-electron chi connectivity index (χ0n) is 7.84. The molecule has 74 valence electrons. The Kier molecular flexibility index (Phi) is 3.24. The van der Waals surface area contributed by atoms with Crippen LogP contribution in [0.15, 0.2) is 16.9 Å². The van der Waals surface area contributed by atoms with Crippen LogP contribution < -0.4 is 0 Å². The summed E-state index contributed by atoms with van der Waals surface area (Å²) in [6.45, 7) is -0.0829. The van der Waals surface area contributed by atoms with Crippen molar-refractivity contribution in [1.82, 2.24) is 4.90 Å². The Morgan fingerprint density at radius 1 is 1.93 bits per heavy atom. The van der Waals surface area contributed by atoms with E-state index in [-0.39, 0.29) is 12.5 Å². The summed E-state index contributed by atoms with van der Waals surface area (Å²) in [5.41, 5.74) is 0. The minimum Gasteiger partial charge on any atom is -0.480 e. The Balaban J connectivity index is 2.57. The molecule has 0 amide bonds. The van der Waals surface area contributed by atoms with Gasteiger partial charge in [-0.15, -0.1) is 0 Å². The Labute approximate surface area is 82.0 Å². The van der Waals surface area contributed by atoms with Crippen molar-refractivity contribution in [3.8, 4) is 6.07 Å². The summed E-state index contributed by atoms with van der Waals surface area (Å²) in [7, 11) is 1.66. The van der Waals surface area contributed by atoms with Gasteiger partial charge in [-0.05, 0) is 12.5 Å². The molecular weight excluding hydrogens is 182 g/mol. The van der Waals surface area contributed by atoms with Gasteiger partial charge < -0.3 is 10.0 Å². The summed E-state index contributed by atoms with van der Waals surface area (Å²) in [6.07, 6.45) is 3.92. The highest BCUT2D eigenvalue weighted by Gasteiger charge is 2.13. The molecule has 0 bridgehead atoms. The number of allylic oxidation sites excluding steroid dienone is 1. The molecule has 1 unspecified atom stereocenters. The summed E-state index contributed by atoms with van der Waals surface area (Å²) in [4.78, 5) is 15.9. The molecule has 14 heavy (non-hydrogen) atoms. The third-order valence-electron chi connectivity index (χ3n) is 1.87. The number of likely N-dealkylation sites (N-methyl/N-ethyl adjacent to an activating group) is 1. The molecule has 0 saturated heterocycles. The van der Waals surface area contributed by atoms with Crippen LogP contribution in [0.5, 0.6) is 0 Å².